The van der Waals surface area contributed by atoms with Crippen molar-refractivity contribution in [3.05, 3.63) is 59.4 Å². The molecule has 1 unspecified atom stereocenters. The summed E-state index contributed by atoms with van der Waals surface area (Å²) in [5, 5.41) is 3.02. The fourth-order valence-electron chi connectivity index (χ4n) is 2.81. The molecule has 5 nitrogen and oxygen atoms in total. The van der Waals surface area contributed by atoms with E-state index < -0.39 is 12.0 Å². The van der Waals surface area contributed by atoms with Crippen molar-refractivity contribution in [3.8, 4) is 0 Å². The van der Waals surface area contributed by atoms with Gasteiger partial charge in [0.25, 0.3) is 6.01 Å². The minimum absolute atomic E-state index is 0.256. The zero-order valence-electron chi connectivity index (χ0n) is 15.7. The molecule has 0 spiro atoms. The molecule has 0 amide bonds. The Bertz CT molecular complexity index is 919. The summed E-state index contributed by atoms with van der Waals surface area (Å²) in [6, 6.07) is 11.4. The molecule has 0 saturated heterocycles. The zero-order valence-corrected chi connectivity index (χ0v) is 15.7. The third-order valence-electron chi connectivity index (χ3n) is 4.30. The van der Waals surface area contributed by atoms with Crippen molar-refractivity contribution in [1.82, 2.24) is 4.98 Å². The van der Waals surface area contributed by atoms with Gasteiger partial charge in [0, 0.05) is 6.42 Å². The Hall–Kier alpha value is -2.89. The van der Waals surface area contributed by atoms with E-state index in [0.717, 1.165) is 16.6 Å². The molecule has 6 heteroatoms. The maximum absolute atomic E-state index is 13.1. The van der Waals surface area contributed by atoms with E-state index in [9.17, 15) is 9.18 Å². The first-order chi connectivity index (χ1) is 13.0. The summed E-state index contributed by atoms with van der Waals surface area (Å²) in [7, 11) is 0. The van der Waals surface area contributed by atoms with Gasteiger partial charge in [-0.3, -0.25) is 0 Å². The number of halogens is 1. The maximum atomic E-state index is 13.1. The number of anilines is 1. The lowest BCUT2D eigenvalue weighted by Gasteiger charge is -2.16. The van der Waals surface area contributed by atoms with E-state index in [1.165, 1.54) is 12.1 Å². The number of aromatic nitrogens is 1. The van der Waals surface area contributed by atoms with Gasteiger partial charge in [-0.1, -0.05) is 32.0 Å². The first kappa shape index (κ1) is 18.9. The van der Waals surface area contributed by atoms with Crippen LogP contribution in [-0.4, -0.2) is 23.6 Å². The second-order valence-electron chi connectivity index (χ2n) is 6.68. The molecule has 3 rings (SSSR count). The quantitative estimate of drug-likeness (QED) is 0.612. The van der Waals surface area contributed by atoms with E-state index in [2.05, 4.69) is 24.1 Å². The highest BCUT2D eigenvalue weighted by Crippen LogP contribution is 2.24. The van der Waals surface area contributed by atoms with Gasteiger partial charge in [0.15, 0.2) is 5.58 Å². The minimum Gasteiger partial charge on any atom is -0.464 e. The predicted octanol–water partition coefficient (Wildman–Crippen LogP) is 4.68. The predicted molar refractivity (Wildman–Crippen MR) is 102 cm³/mol. The van der Waals surface area contributed by atoms with Crippen molar-refractivity contribution in [2.45, 2.75) is 39.2 Å². The Morgan fingerprint density at radius 2 is 1.96 bits per heavy atom. The van der Waals surface area contributed by atoms with Gasteiger partial charge in [0.1, 0.15) is 17.4 Å². The lowest BCUT2D eigenvalue weighted by molar-refractivity contribution is -0.144. The number of carbonyl (C=O) groups is 1. The summed E-state index contributed by atoms with van der Waals surface area (Å²) in [5.74, 6) is -0.348. The molecule has 0 radical (unpaired) electrons. The topological polar surface area (TPSA) is 64.4 Å². The lowest BCUT2D eigenvalue weighted by atomic mass is 10.0. The van der Waals surface area contributed by atoms with Crippen LogP contribution in [0.3, 0.4) is 0 Å². The van der Waals surface area contributed by atoms with Gasteiger partial charge < -0.3 is 14.5 Å². The highest BCUT2D eigenvalue weighted by molar-refractivity contribution is 5.80. The number of nitrogens with one attached hydrogen (secondary N) is 1. The number of oxazole rings is 1. The minimum atomic E-state index is -0.687. The molecule has 0 aliphatic carbocycles. The second-order valence-corrected chi connectivity index (χ2v) is 6.68. The van der Waals surface area contributed by atoms with Crippen molar-refractivity contribution in [2.75, 3.05) is 11.9 Å². The maximum Gasteiger partial charge on any atom is 0.329 e. The molecule has 1 heterocycles. The second kappa shape index (κ2) is 8.20. The van der Waals surface area contributed by atoms with Crippen molar-refractivity contribution < 1.29 is 18.3 Å². The lowest BCUT2D eigenvalue weighted by Crippen LogP contribution is -2.33. The van der Waals surface area contributed by atoms with E-state index in [1.54, 1.807) is 19.1 Å². The monoisotopic (exact) mass is 370 g/mol. The van der Waals surface area contributed by atoms with Crippen LogP contribution >= 0.6 is 0 Å². The Morgan fingerprint density at radius 1 is 1.22 bits per heavy atom. The molecule has 0 aliphatic rings. The summed E-state index contributed by atoms with van der Waals surface area (Å²) in [5.41, 5.74) is 3.34. The van der Waals surface area contributed by atoms with Gasteiger partial charge in [0.2, 0.25) is 0 Å². The molecule has 27 heavy (non-hydrogen) atoms. The average molecular weight is 370 g/mol. The number of esters is 1. The van der Waals surface area contributed by atoms with Crippen molar-refractivity contribution in [1.29, 1.82) is 0 Å². The number of hydrogen-bond acceptors (Lipinski definition) is 5. The molecule has 1 aromatic heterocycles. The van der Waals surface area contributed by atoms with Crippen LogP contribution in [0.2, 0.25) is 0 Å². The zero-order chi connectivity index (χ0) is 19.4. The van der Waals surface area contributed by atoms with Crippen LogP contribution in [0.15, 0.2) is 46.9 Å². The van der Waals surface area contributed by atoms with Gasteiger partial charge in [-0.25, -0.2) is 9.18 Å². The van der Waals surface area contributed by atoms with Gasteiger partial charge in [0.05, 0.1) is 6.61 Å². The van der Waals surface area contributed by atoms with E-state index in [0.29, 0.717) is 17.9 Å². The van der Waals surface area contributed by atoms with Crippen LogP contribution in [0.25, 0.3) is 11.1 Å². The molecular formula is C21H23FN2O3. The number of benzene rings is 2. The molecule has 0 saturated carbocycles. The van der Waals surface area contributed by atoms with E-state index >= 15 is 0 Å². The fourth-order valence-corrected chi connectivity index (χ4v) is 2.81. The SMILES string of the molecule is CCOC(=O)C(Cc1ccc(F)cc1)Nc1nc2cc(C(C)C)ccc2o1. The van der Waals surface area contributed by atoms with Gasteiger partial charge >= 0.3 is 5.97 Å². The molecule has 0 fully saturated rings. The Kier molecular flexibility index (Phi) is 5.74. The standard InChI is InChI=1S/C21H23FN2O3/c1-4-26-20(25)18(11-14-5-8-16(22)9-6-14)24-21-23-17-12-15(13(2)3)7-10-19(17)27-21/h5-10,12-13,18H,4,11H2,1-3H3,(H,23,24). The smallest absolute Gasteiger partial charge is 0.329 e. The third kappa shape index (κ3) is 4.64. The molecule has 1 atom stereocenters. The van der Waals surface area contributed by atoms with Crippen LogP contribution in [-0.2, 0) is 16.0 Å². The van der Waals surface area contributed by atoms with Crippen molar-refractivity contribution >= 4 is 23.1 Å². The van der Waals surface area contributed by atoms with Gasteiger partial charge in [-0.05, 0) is 48.2 Å². The highest BCUT2D eigenvalue weighted by atomic mass is 19.1. The van der Waals surface area contributed by atoms with Crippen LogP contribution in [0.4, 0.5) is 10.4 Å². The number of nitrogens with zero attached hydrogens (tertiary/aromatic N) is 1. The fraction of sp³-hybridized carbons (Fsp3) is 0.333. The number of hydrogen-bond donors (Lipinski definition) is 1. The molecule has 1 N–H and O–H groups in total. The molecular weight excluding hydrogens is 347 g/mol. The molecule has 0 bridgehead atoms. The molecule has 0 aliphatic heterocycles. The number of fused-ring (bicyclic) bond motifs is 1. The molecule has 2 aromatic carbocycles. The number of ether oxygens (including phenoxy) is 1. The van der Waals surface area contributed by atoms with E-state index in [-0.39, 0.29) is 18.4 Å². The third-order valence-corrected chi connectivity index (χ3v) is 4.30. The first-order valence-electron chi connectivity index (χ1n) is 9.04. The summed E-state index contributed by atoms with van der Waals surface area (Å²) in [6.07, 6.45) is 0.328. The summed E-state index contributed by atoms with van der Waals surface area (Å²) < 4.78 is 24.0. The van der Waals surface area contributed by atoms with Crippen LogP contribution in [0.5, 0.6) is 0 Å². The molecule has 3 aromatic rings. The summed E-state index contributed by atoms with van der Waals surface area (Å²) in [4.78, 5) is 16.8. The Morgan fingerprint density at radius 3 is 2.63 bits per heavy atom. The number of rotatable bonds is 7. The van der Waals surface area contributed by atoms with Gasteiger partial charge in [-0.2, -0.15) is 4.98 Å². The average Bonchev–Trinajstić information content (AvgIpc) is 3.04. The summed E-state index contributed by atoms with van der Waals surface area (Å²) in [6.45, 7) is 6.24. The van der Waals surface area contributed by atoms with Crippen LogP contribution in [0.1, 0.15) is 37.8 Å². The van der Waals surface area contributed by atoms with Gasteiger partial charge in [-0.15, -0.1) is 0 Å². The van der Waals surface area contributed by atoms with Crippen LogP contribution in [0, 0.1) is 5.82 Å². The van der Waals surface area contributed by atoms with E-state index in [4.69, 9.17) is 9.15 Å². The van der Waals surface area contributed by atoms with E-state index in [1.807, 2.05) is 18.2 Å². The normalized spacial score (nSPS) is 12.3. The summed E-state index contributed by atoms with van der Waals surface area (Å²) >= 11 is 0. The van der Waals surface area contributed by atoms with Crippen molar-refractivity contribution in [3.63, 3.8) is 0 Å². The first-order valence-corrected chi connectivity index (χ1v) is 9.04. The Balaban J connectivity index is 1.83. The highest BCUT2D eigenvalue weighted by Gasteiger charge is 2.22. The van der Waals surface area contributed by atoms with Crippen LogP contribution < -0.4 is 5.32 Å². The van der Waals surface area contributed by atoms with Crippen molar-refractivity contribution in [2.24, 2.45) is 0 Å². The Labute approximate surface area is 157 Å². The molecule has 142 valence electrons. The number of carbonyl (C=O) groups excluding carboxylic acids is 1. The largest absolute Gasteiger partial charge is 0.464 e.